The molecule has 0 bridgehead atoms. The number of hydrogen-bond donors (Lipinski definition) is 2. The zero-order chi connectivity index (χ0) is 27.5. The first-order valence-corrected chi connectivity index (χ1v) is 13.1. The summed E-state index contributed by atoms with van der Waals surface area (Å²) < 4.78 is 12.9. The number of para-hydroxylation sites is 3. The van der Waals surface area contributed by atoms with Crippen LogP contribution in [0.4, 0.5) is 11.6 Å². The summed E-state index contributed by atoms with van der Waals surface area (Å²) in [6.45, 7) is 2.80. The molecule has 3 aromatic carbocycles. The number of anilines is 2. The number of nitrogens with one attached hydrogen (secondary N) is 2. The fraction of sp³-hybridized carbons (Fsp3) is 0.161. The van der Waals surface area contributed by atoms with E-state index in [9.17, 15) is 0 Å². The first-order valence-electron chi connectivity index (χ1n) is 13.1. The zero-order valence-electron chi connectivity index (χ0n) is 22.5. The number of ether oxygens (including phenoxy) is 2. The van der Waals surface area contributed by atoms with Crippen molar-refractivity contribution in [2.45, 2.75) is 19.9 Å². The first kappa shape index (κ1) is 25.1. The fourth-order valence-corrected chi connectivity index (χ4v) is 4.74. The van der Waals surface area contributed by atoms with Crippen molar-refractivity contribution in [3.63, 3.8) is 0 Å². The lowest BCUT2D eigenvalue weighted by Gasteiger charge is -2.10. The summed E-state index contributed by atoms with van der Waals surface area (Å²) >= 11 is 0. The highest BCUT2D eigenvalue weighted by atomic mass is 16.5. The summed E-state index contributed by atoms with van der Waals surface area (Å²) in [6, 6.07) is 23.7. The Morgan fingerprint density at radius 1 is 0.900 bits per heavy atom. The van der Waals surface area contributed by atoms with E-state index in [1.165, 1.54) is 0 Å². The van der Waals surface area contributed by atoms with E-state index < -0.39 is 0 Å². The van der Waals surface area contributed by atoms with Crippen LogP contribution in [0.25, 0.3) is 33.5 Å². The Morgan fingerprint density at radius 3 is 2.52 bits per heavy atom. The van der Waals surface area contributed by atoms with Gasteiger partial charge in [0.15, 0.2) is 0 Å². The van der Waals surface area contributed by atoms with Crippen molar-refractivity contribution >= 4 is 22.7 Å². The average molecular weight is 532 g/mol. The molecule has 3 heterocycles. The molecule has 0 aliphatic carbocycles. The van der Waals surface area contributed by atoms with Gasteiger partial charge in [-0.05, 0) is 43.3 Å². The van der Waals surface area contributed by atoms with Crippen LogP contribution in [0, 0.1) is 0 Å². The van der Waals surface area contributed by atoms with Gasteiger partial charge in [-0.3, -0.25) is 4.68 Å². The van der Waals surface area contributed by atoms with Crippen LogP contribution in [-0.4, -0.2) is 43.9 Å². The maximum Gasteiger partial charge on any atom is 0.227 e. The number of fused-ring (bicyclic) bond motifs is 1. The van der Waals surface area contributed by atoms with Crippen LogP contribution >= 0.6 is 0 Å². The van der Waals surface area contributed by atoms with Gasteiger partial charge in [0.25, 0.3) is 0 Å². The summed E-state index contributed by atoms with van der Waals surface area (Å²) in [6.07, 6.45) is 4.41. The van der Waals surface area contributed by atoms with E-state index in [1.807, 2.05) is 65.5 Å². The van der Waals surface area contributed by atoms with Crippen molar-refractivity contribution in [3.05, 3.63) is 96.6 Å². The second-order valence-corrected chi connectivity index (χ2v) is 9.24. The summed E-state index contributed by atoms with van der Waals surface area (Å²) in [5, 5.41) is 8.16. The van der Waals surface area contributed by atoms with E-state index in [1.54, 1.807) is 20.4 Å². The fourth-order valence-electron chi connectivity index (χ4n) is 4.74. The molecule has 2 N–H and O–H groups in total. The number of H-pyrrole nitrogens is 1. The van der Waals surface area contributed by atoms with Crippen LogP contribution < -0.4 is 14.8 Å². The Hall–Kier alpha value is -5.18. The third kappa shape index (κ3) is 4.96. The van der Waals surface area contributed by atoms with Gasteiger partial charge in [-0.2, -0.15) is 5.10 Å². The highest BCUT2D eigenvalue weighted by Gasteiger charge is 2.17. The number of hydrogen-bond acceptors (Lipinski definition) is 7. The van der Waals surface area contributed by atoms with Crippen LogP contribution in [0.15, 0.2) is 85.2 Å². The summed E-state index contributed by atoms with van der Waals surface area (Å²) in [5.74, 6) is 2.91. The molecule has 40 heavy (non-hydrogen) atoms. The number of benzene rings is 3. The van der Waals surface area contributed by atoms with Crippen LogP contribution in [0.1, 0.15) is 18.3 Å². The average Bonchev–Trinajstić information content (AvgIpc) is 3.61. The molecule has 6 aromatic rings. The summed E-state index contributed by atoms with van der Waals surface area (Å²) in [4.78, 5) is 17.5. The molecule has 0 aliphatic heterocycles. The number of rotatable bonds is 9. The lowest BCUT2D eigenvalue weighted by molar-refractivity contribution is 0.410. The van der Waals surface area contributed by atoms with E-state index in [2.05, 4.69) is 40.4 Å². The monoisotopic (exact) mass is 531 g/mol. The predicted molar refractivity (Wildman–Crippen MR) is 156 cm³/mol. The van der Waals surface area contributed by atoms with Gasteiger partial charge in [-0.15, -0.1) is 0 Å². The van der Waals surface area contributed by atoms with Gasteiger partial charge in [-0.1, -0.05) is 36.4 Å². The third-order valence-corrected chi connectivity index (χ3v) is 6.73. The van der Waals surface area contributed by atoms with Crippen molar-refractivity contribution in [1.82, 2.24) is 29.7 Å². The van der Waals surface area contributed by atoms with Gasteiger partial charge in [0.1, 0.15) is 23.0 Å². The normalized spacial score (nSPS) is 11.1. The molecule has 0 unspecified atom stereocenters. The second-order valence-electron chi connectivity index (χ2n) is 9.24. The number of nitrogens with zero attached hydrogens (tertiary/aromatic N) is 5. The standard InChI is InChI=1S/C31H29N7O2/c1-4-38-19-22(23-15-16-32-31(35-23)36-25-10-6-8-12-28(25)40-3)30(37-38)21-13-14-24-26(17-21)34-29(33-24)18-20-9-5-7-11-27(20)39-2/h5-17,19H,4,18H2,1-3H3,(H,33,34)(H,32,35,36). The molecule has 3 aromatic heterocycles. The van der Waals surface area contributed by atoms with Crippen molar-refractivity contribution in [3.8, 4) is 34.0 Å². The van der Waals surface area contributed by atoms with Crippen LogP contribution in [-0.2, 0) is 13.0 Å². The predicted octanol–water partition coefficient (Wildman–Crippen LogP) is 6.25. The number of methoxy groups -OCH3 is 2. The van der Waals surface area contributed by atoms with E-state index >= 15 is 0 Å². The van der Waals surface area contributed by atoms with Crippen molar-refractivity contribution in [2.24, 2.45) is 0 Å². The quantitative estimate of drug-likeness (QED) is 0.227. The molecule has 9 nitrogen and oxygen atoms in total. The largest absolute Gasteiger partial charge is 0.496 e. The molecule has 0 spiro atoms. The van der Waals surface area contributed by atoms with Crippen LogP contribution in [0.2, 0.25) is 0 Å². The summed E-state index contributed by atoms with van der Waals surface area (Å²) in [5.41, 5.74) is 7.21. The molecule has 0 atom stereocenters. The second kappa shape index (κ2) is 10.9. The minimum absolute atomic E-state index is 0.474. The third-order valence-electron chi connectivity index (χ3n) is 6.73. The molecule has 9 heteroatoms. The molecular weight excluding hydrogens is 502 g/mol. The molecule has 0 fully saturated rings. The van der Waals surface area contributed by atoms with Crippen molar-refractivity contribution in [1.29, 1.82) is 0 Å². The molecule has 0 radical (unpaired) electrons. The minimum atomic E-state index is 0.474. The van der Waals surface area contributed by atoms with Gasteiger partial charge in [0.05, 0.1) is 36.6 Å². The smallest absolute Gasteiger partial charge is 0.227 e. The Morgan fingerprint density at radius 2 is 1.70 bits per heavy atom. The molecule has 0 saturated carbocycles. The van der Waals surface area contributed by atoms with Gasteiger partial charge in [0, 0.05) is 42.0 Å². The Labute approximate surface area is 231 Å². The lowest BCUT2D eigenvalue weighted by atomic mass is 10.1. The first-order chi connectivity index (χ1) is 19.6. The zero-order valence-corrected chi connectivity index (χ0v) is 22.5. The van der Waals surface area contributed by atoms with E-state index in [-0.39, 0.29) is 0 Å². The lowest BCUT2D eigenvalue weighted by Crippen LogP contribution is -1.99. The molecule has 200 valence electrons. The van der Waals surface area contributed by atoms with E-state index in [0.717, 1.165) is 62.9 Å². The maximum atomic E-state index is 5.52. The molecule has 0 saturated heterocycles. The molecule has 6 rings (SSSR count). The number of aryl methyl sites for hydroxylation is 1. The molecular formula is C31H29N7O2. The number of aromatic nitrogens is 6. The van der Waals surface area contributed by atoms with Crippen molar-refractivity contribution < 1.29 is 9.47 Å². The highest BCUT2D eigenvalue weighted by molar-refractivity contribution is 5.86. The maximum absolute atomic E-state index is 5.52. The molecule has 0 amide bonds. The van der Waals surface area contributed by atoms with Gasteiger partial charge in [0.2, 0.25) is 5.95 Å². The van der Waals surface area contributed by atoms with E-state index in [0.29, 0.717) is 18.1 Å². The van der Waals surface area contributed by atoms with Gasteiger partial charge >= 0.3 is 0 Å². The van der Waals surface area contributed by atoms with E-state index in [4.69, 9.17) is 24.5 Å². The topological polar surface area (TPSA) is 103 Å². The highest BCUT2D eigenvalue weighted by Crippen LogP contribution is 2.33. The summed E-state index contributed by atoms with van der Waals surface area (Å²) in [7, 11) is 3.33. The Balaban J connectivity index is 1.34. The Kier molecular flexibility index (Phi) is 6.84. The van der Waals surface area contributed by atoms with Gasteiger partial charge < -0.3 is 19.8 Å². The van der Waals surface area contributed by atoms with Crippen LogP contribution in [0.5, 0.6) is 11.5 Å². The SMILES string of the molecule is CCn1cc(-c2ccnc(Nc3ccccc3OC)n2)c(-c2ccc3nc(Cc4ccccc4OC)[nH]c3c2)n1. The van der Waals surface area contributed by atoms with Crippen molar-refractivity contribution in [2.75, 3.05) is 19.5 Å². The Bertz CT molecular complexity index is 1790. The minimum Gasteiger partial charge on any atom is -0.496 e. The number of aromatic amines is 1. The number of imidazole rings is 1. The molecule has 0 aliphatic rings. The van der Waals surface area contributed by atoms with Gasteiger partial charge in [-0.25, -0.2) is 15.0 Å². The van der Waals surface area contributed by atoms with Crippen LogP contribution in [0.3, 0.4) is 0 Å².